The van der Waals surface area contributed by atoms with Crippen molar-refractivity contribution in [2.75, 3.05) is 6.54 Å². The molecule has 1 nitrogen and oxygen atoms in total. The number of hydrogen-bond acceptors (Lipinski definition) is 0. The largest absolute Gasteiger partial charge is 0.657 e. The minimum absolute atomic E-state index is 0.431. The number of hydrogen-bond donors (Lipinski definition) is 0. The van der Waals surface area contributed by atoms with E-state index in [2.05, 4.69) is 33.1 Å². The summed E-state index contributed by atoms with van der Waals surface area (Å²) < 4.78 is 0. The van der Waals surface area contributed by atoms with Crippen molar-refractivity contribution < 1.29 is 17.9 Å². The first-order chi connectivity index (χ1) is 6.97. The summed E-state index contributed by atoms with van der Waals surface area (Å²) in [4.78, 5) is 0. The monoisotopic (exact) mass is 387 g/mol. The molecule has 1 aliphatic heterocycles. The predicted molar refractivity (Wildman–Crippen MR) is 55.9 cm³/mol. The Morgan fingerprint density at radius 1 is 1.36 bits per heavy atom. The van der Waals surface area contributed by atoms with Crippen molar-refractivity contribution in [1.82, 2.24) is 0 Å². The summed E-state index contributed by atoms with van der Waals surface area (Å²) in [6.07, 6.45) is 3.79. The molecule has 0 bridgehead atoms. The summed E-state index contributed by atoms with van der Waals surface area (Å²) in [7, 11) is 4.64. The van der Waals surface area contributed by atoms with Crippen molar-refractivity contribution in [3.05, 3.63) is 41.2 Å². The van der Waals surface area contributed by atoms with Crippen molar-refractivity contribution in [3.8, 4) is 0 Å². The van der Waals surface area contributed by atoms with Gasteiger partial charge in [0.2, 0.25) is 0 Å². The third-order valence-electron chi connectivity index (χ3n) is 2.33. The first-order valence-corrected chi connectivity index (χ1v) is 7.69. The maximum atomic E-state index is 4.64. The van der Waals surface area contributed by atoms with Crippen LogP contribution in [0.5, 0.6) is 0 Å². The van der Waals surface area contributed by atoms with Crippen LogP contribution in [0, 0.1) is 6.07 Å². The maximum Gasteiger partial charge on any atom is -0.0561 e. The topological polar surface area (TPSA) is 14.1 Å². The molecule has 1 heterocycles. The van der Waals surface area contributed by atoms with Gasteiger partial charge in [0.25, 0.3) is 0 Å². The first kappa shape index (κ1) is 12.2. The van der Waals surface area contributed by atoms with Crippen LogP contribution in [0.3, 0.4) is 0 Å². The van der Waals surface area contributed by atoms with E-state index in [1.54, 1.807) is 0 Å². The molecule has 0 aromatic heterocycles. The standard InChI is InChI=1S/C11H13N.ClH.Ir/c1-2-6-10(7-3-1)11-8-4-5-9-12-11;;/h1-3,6,11H,4-5,8-9H2;1H;/q-2;;+3/p-1. The summed E-state index contributed by atoms with van der Waals surface area (Å²) in [5, 5.41) is 4.57. The molecule has 0 saturated carbocycles. The number of rotatable bonds is 1. The second-order valence-corrected chi connectivity index (χ2v) is 3.24. The van der Waals surface area contributed by atoms with Crippen molar-refractivity contribution >= 4 is 9.58 Å². The van der Waals surface area contributed by atoms with E-state index in [0.717, 1.165) is 6.54 Å². The van der Waals surface area contributed by atoms with Crippen LogP contribution in [-0.2, 0) is 17.9 Å². The Hall–Kier alpha value is 0.119. The fraction of sp³-hybridized carbons (Fsp3) is 0.455. The molecule has 1 unspecified atom stereocenters. The van der Waals surface area contributed by atoms with Crippen molar-refractivity contribution in [3.63, 3.8) is 0 Å². The van der Waals surface area contributed by atoms with Crippen LogP contribution in [-0.4, -0.2) is 6.54 Å². The molecule has 0 radical (unpaired) electrons. The smallest absolute Gasteiger partial charge is 0.0561 e. The zero-order chi connectivity index (χ0) is 10.2. The maximum absolute atomic E-state index is 4.64. The Balaban J connectivity index is 0.000000461. The fourth-order valence-corrected chi connectivity index (χ4v) is 1.66. The van der Waals surface area contributed by atoms with E-state index in [0.29, 0.717) is 6.04 Å². The Morgan fingerprint density at radius 3 is 2.79 bits per heavy atom. The van der Waals surface area contributed by atoms with Crippen LogP contribution in [0.4, 0.5) is 0 Å². The molecule has 1 saturated heterocycles. The third kappa shape index (κ3) is 3.70. The summed E-state index contributed by atoms with van der Waals surface area (Å²) in [5.41, 5.74) is 1.26. The number of nitrogens with zero attached hydrogens (tertiary/aromatic N) is 1. The Kier molecular flexibility index (Phi) is 6.46. The van der Waals surface area contributed by atoms with E-state index < -0.39 is 0 Å². The van der Waals surface area contributed by atoms with Crippen LogP contribution < -0.4 is 0 Å². The SMILES string of the molecule is [Cl][Ir+2].[c-]1ccccc1C1CCCC[N-]1. The fourth-order valence-electron chi connectivity index (χ4n) is 1.66. The molecule has 2 rings (SSSR count). The molecule has 0 amide bonds. The number of piperidine rings is 1. The zero-order valence-corrected chi connectivity index (χ0v) is 11.0. The average molecular weight is 387 g/mol. The van der Waals surface area contributed by atoms with Crippen molar-refractivity contribution in [1.29, 1.82) is 0 Å². The van der Waals surface area contributed by atoms with Crippen molar-refractivity contribution in [2.24, 2.45) is 0 Å². The van der Waals surface area contributed by atoms with Gasteiger partial charge in [-0.25, -0.2) is 0 Å². The van der Waals surface area contributed by atoms with Gasteiger partial charge in [0.1, 0.15) is 0 Å². The normalized spacial score (nSPS) is 20.9. The van der Waals surface area contributed by atoms with Gasteiger partial charge in [0.15, 0.2) is 0 Å². The third-order valence-corrected chi connectivity index (χ3v) is 2.33. The van der Waals surface area contributed by atoms with E-state index in [9.17, 15) is 0 Å². The van der Waals surface area contributed by atoms with Gasteiger partial charge in [-0.2, -0.15) is 35.9 Å². The van der Waals surface area contributed by atoms with E-state index in [1.165, 1.54) is 42.7 Å². The molecular formula is C11H13ClIrN. The van der Waals surface area contributed by atoms with Gasteiger partial charge < -0.3 is 5.32 Å². The molecule has 1 aromatic carbocycles. The number of benzene rings is 1. The quantitative estimate of drug-likeness (QED) is 0.652. The Morgan fingerprint density at radius 2 is 2.21 bits per heavy atom. The Labute approximate surface area is 100 Å². The van der Waals surface area contributed by atoms with Gasteiger partial charge in [-0.05, 0) is 0 Å². The molecule has 1 fully saturated rings. The van der Waals surface area contributed by atoms with Crippen LogP contribution >= 0.6 is 9.58 Å². The second-order valence-electron chi connectivity index (χ2n) is 3.24. The van der Waals surface area contributed by atoms with Gasteiger partial charge in [-0.15, -0.1) is 12.6 Å². The van der Waals surface area contributed by atoms with Gasteiger partial charge in [-0.1, -0.05) is 19.3 Å². The summed E-state index contributed by atoms with van der Waals surface area (Å²) >= 11 is 1.47. The summed E-state index contributed by atoms with van der Waals surface area (Å²) in [5.74, 6) is 0. The second kappa shape index (κ2) is 7.42. The molecule has 0 spiro atoms. The van der Waals surface area contributed by atoms with E-state index in [4.69, 9.17) is 0 Å². The van der Waals surface area contributed by atoms with Crippen molar-refractivity contribution in [2.45, 2.75) is 25.3 Å². The summed E-state index contributed by atoms with van der Waals surface area (Å²) in [6, 6.07) is 11.8. The zero-order valence-electron chi connectivity index (χ0n) is 7.87. The van der Waals surface area contributed by atoms with Gasteiger partial charge in [0, 0.05) is 0 Å². The minimum Gasteiger partial charge on any atom is -0.657 e. The van der Waals surface area contributed by atoms with Gasteiger partial charge in [-0.3, -0.25) is 0 Å². The molecule has 3 heteroatoms. The van der Waals surface area contributed by atoms with Gasteiger partial charge in [0.05, 0.1) is 0 Å². The average Bonchev–Trinajstić information content (AvgIpc) is 2.34. The number of halogens is 1. The molecular weight excluding hydrogens is 374 g/mol. The van der Waals surface area contributed by atoms with Gasteiger partial charge >= 0.3 is 27.5 Å². The molecule has 0 N–H and O–H groups in total. The molecule has 78 valence electrons. The predicted octanol–water partition coefficient (Wildman–Crippen LogP) is 3.77. The van der Waals surface area contributed by atoms with Crippen LogP contribution in [0.2, 0.25) is 0 Å². The molecule has 0 aliphatic carbocycles. The van der Waals surface area contributed by atoms with E-state index >= 15 is 0 Å². The molecule has 14 heavy (non-hydrogen) atoms. The first-order valence-electron chi connectivity index (χ1n) is 4.72. The van der Waals surface area contributed by atoms with Crippen LogP contribution in [0.15, 0.2) is 24.3 Å². The van der Waals surface area contributed by atoms with Crippen LogP contribution in [0.1, 0.15) is 30.9 Å². The Bertz CT molecular complexity index is 234. The summed E-state index contributed by atoms with van der Waals surface area (Å²) in [6.45, 7) is 1.04. The van der Waals surface area contributed by atoms with E-state index in [-0.39, 0.29) is 0 Å². The van der Waals surface area contributed by atoms with Crippen LogP contribution in [0.25, 0.3) is 5.32 Å². The molecule has 1 atom stereocenters. The minimum atomic E-state index is 0.431. The van der Waals surface area contributed by atoms with E-state index in [1.807, 2.05) is 12.1 Å². The molecule has 1 aliphatic rings. The molecule has 1 aromatic rings.